The van der Waals surface area contributed by atoms with Crippen molar-refractivity contribution in [1.29, 1.82) is 0 Å². The molecule has 0 aliphatic heterocycles. The molecule has 0 atom stereocenters. The Morgan fingerprint density at radius 2 is 2.11 bits per heavy atom. The van der Waals surface area contributed by atoms with Gasteiger partial charge in [0.15, 0.2) is 0 Å². The fourth-order valence-corrected chi connectivity index (χ4v) is 1.65. The van der Waals surface area contributed by atoms with Crippen LogP contribution in [0.25, 0.3) is 0 Å². The second-order valence-corrected chi connectivity index (χ2v) is 4.56. The number of anilines is 1. The van der Waals surface area contributed by atoms with Gasteiger partial charge in [-0.15, -0.1) is 0 Å². The molecular weight excluding hydrogens is 230 g/mol. The van der Waals surface area contributed by atoms with Crippen molar-refractivity contribution in [3.05, 3.63) is 29.8 Å². The summed E-state index contributed by atoms with van der Waals surface area (Å²) in [7, 11) is 1.82. The smallest absolute Gasteiger partial charge is 0.258 e. The Hall–Kier alpha value is -2.11. The molecule has 0 spiro atoms. The van der Waals surface area contributed by atoms with Crippen LogP contribution in [0.3, 0.4) is 0 Å². The second-order valence-electron chi connectivity index (χ2n) is 4.56. The van der Waals surface area contributed by atoms with E-state index in [2.05, 4.69) is 15.5 Å². The molecule has 0 saturated heterocycles. The zero-order chi connectivity index (χ0) is 13.3. The number of carbonyl (C=O) groups excluding carboxylic acids is 1. The van der Waals surface area contributed by atoms with Crippen LogP contribution in [0, 0.1) is 6.92 Å². The van der Waals surface area contributed by atoms with Crippen molar-refractivity contribution >= 4 is 11.6 Å². The molecule has 2 aromatic heterocycles. The first-order valence-electron chi connectivity index (χ1n) is 5.83. The highest BCUT2D eigenvalue weighted by Gasteiger charge is 2.12. The van der Waals surface area contributed by atoms with Crippen LogP contribution in [0.1, 0.15) is 35.9 Å². The van der Waals surface area contributed by atoms with E-state index < -0.39 is 0 Å². The molecule has 0 saturated carbocycles. The van der Waals surface area contributed by atoms with Crippen molar-refractivity contribution in [3.8, 4) is 0 Å². The lowest BCUT2D eigenvalue weighted by atomic mass is 10.3. The van der Waals surface area contributed by atoms with E-state index in [9.17, 15) is 4.79 Å². The summed E-state index contributed by atoms with van der Waals surface area (Å²) in [5, 5.41) is 11.1. The van der Waals surface area contributed by atoms with Gasteiger partial charge in [0.05, 0.1) is 23.1 Å². The zero-order valence-electron chi connectivity index (χ0n) is 11.0. The van der Waals surface area contributed by atoms with Gasteiger partial charge in [-0.05, 0) is 20.8 Å². The number of nitrogens with one attached hydrogen (secondary N) is 1. The van der Waals surface area contributed by atoms with E-state index in [1.807, 2.05) is 27.8 Å². The molecule has 0 bridgehead atoms. The molecule has 2 rings (SSSR count). The molecule has 18 heavy (non-hydrogen) atoms. The van der Waals surface area contributed by atoms with E-state index in [1.54, 1.807) is 28.0 Å². The van der Waals surface area contributed by atoms with Crippen LogP contribution < -0.4 is 5.32 Å². The highest BCUT2D eigenvalue weighted by Crippen LogP contribution is 2.13. The van der Waals surface area contributed by atoms with Gasteiger partial charge < -0.3 is 5.32 Å². The van der Waals surface area contributed by atoms with Crippen LogP contribution in [0.2, 0.25) is 0 Å². The van der Waals surface area contributed by atoms with E-state index in [-0.39, 0.29) is 11.9 Å². The molecule has 0 aliphatic rings. The van der Waals surface area contributed by atoms with Crippen molar-refractivity contribution in [1.82, 2.24) is 19.6 Å². The number of hydrogen-bond donors (Lipinski definition) is 1. The third-order valence-electron chi connectivity index (χ3n) is 2.65. The molecule has 0 aromatic carbocycles. The standard InChI is InChI=1S/C12H17N5O/c1-8(2)17-6-10(5-13-17)12(18)14-11-7-16(4)15-9(11)3/h5-8H,1-4H3,(H,14,18). The molecule has 0 aliphatic carbocycles. The molecule has 6 heteroatoms. The SMILES string of the molecule is Cc1nn(C)cc1NC(=O)c1cnn(C(C)C)c1. The zero-order valence-corrected chi connectivity index (χ0v) is 11.0. The molecule has 96 valence electrons. The summed E-state index contributed by atoms with van der Waals surface area (Å²) in [4.78, 5) is 12.0. The Morgan fingerprint density at radius 1 is 1.39 bits per heavy atom. The van der Waals surface area contributed by atoms with E-state index in [0.29, 0.717) is 5.56 Å². The third kappa shape index (κ3) is 2.42. The van der Waals surface area contributed by atoms with Gasteiger partial charge in [-0.2, -0.15) is 10.2 Å². The normalized spacial score (nSPS) is 10.9. The highest BCUT2D eigenvalue weighted by molar-refractivity contribution is 6.04. The molecule has 0 unspecified atom stereocenters. The van der Waals surface area contributed by atoms with Crippen LogP contribution in [-0.2, 0) is 7.05 Å². The Bertz CT molecular complexity index is 567. The maximum Gasteiger partial charge on any atom is 0.258 e. The predicted octanol–water partition coefficient (Wildman–Crippen LogP) is 1.76. The molecule has 1 amide bonds. The van der Waals surface area contributed by atoms with E-state index in [0.717, 1.165) is 11.4 Å². The summed E-state index contributed by atoms with van der Waals surface area (Å²) < 4.78 is 3.42. The van der Waals surface area contributed by atoms with Gasteiger partial charge in [0.25, 0.3) is 5.91 Å². The molecule has 2 heterocycles. The van der Waals surface area contributed by atoms with Crippen LogP contribution in [0.5, 0.6) is 0 Å². The molecule has 0 fully saturated rings. The number of carbonyl (C=O) groups is 1. The van der Waals surface area contributed by atoms with E-state index in [4.69, 9.17) is 0 Å². The quantitative estimate of drug-likeness (QED) is 0.898. The van der Waals surface area contributed by atoms with E-state index >= 15 is 0 Å². The summed E-state index contributed by atoms with van der Waals surface area (Å²) >= 11 is 0. The monoisotopic (exact) mass is 247 g/mol. The van der Waals surface area contributed by atoms with Gasteiger partial charge in [-0.25, -0.2) is 0 Å². The molecule has 2 aromatic rings. The van der Waals surface area contributed by atoms with Crippen LogP contribution in [0.4, 0.5) is 5.69 Å². The first-order valence-corrected chi connectivity index (χ1v) is 5.83. The Balaban J connectivity index is 2.14. The van der Waals surface area contributed by atoms with Crippen molar-refractivity contribution in [2.45, 2.75) is 26.8 Å². The average molecular weight is 247 g/mol. The lowest BCUT2D eigenvalue weighted by Crippen LogP contribution is -2.11. The lowest BCUT2D eigenvalue weighted by molar-refractivity contribution is 0.102. The topological polar surface area (TPSA) is 64.7 Å². The Morgan fingerprint density at radius 3 is 2.61 bits per heavy atom. The highest BCUT2D eigenvalue weighted by atomic mass is 16.1. The number of aromatic nitrogens is 4. The number of amides is 1. The Labute approximate surface area is 106 Å². The fourth-order valence-electron chi connectivity index (χ4n) is 1.65. The third-order valence-corrected chi connectivity index (χ3v) is 2.65. The van der Waals surface area contributed by atoms with Crippen LogP contribution >= 0.6 is 0 Å². The minimum absolute atomic E-state index is 0.169. The number of rotatable bonds is 3. The maximum atomic E-state index is 12.0. The van der Waals surface area contributed by atoms with Gasteiger partial charge in [0, 0.05) is 25.5 Å². The van der Waals surface area contributed by atoms with Crippen molar-refractivity contribution in [2.75, 3.05) is 5.32 Å². The number of hydrogen-bond acceptors (Lipinski definition) is 3. The fraction of sp³-hybridized carbons (Fsp3) is 0.417. The van der Waals surface area contributed by atoms with Gasteiger partial charge in [-0.1, -0.05) is 0 Å². The van der Waals surface area contributed by atoms with Crippen LogP contribution in [0.15, 0.2) is 18.6 Å². The van der Waals surface area contributed by atoms with Crippen molar-refractivity contribution in [2.24, 2.45) is 7.05 Å². The molecular formula is C12H17N5O. The lowest BCUT2D eigenvalue weighted by Gasteiger charge is -2.03. The minimum atomic E-state index is -0.169. The molecule has 1 N–H and O–H groups in total. The summed E-state index contributed by atoms with van der Waals surface area (Å²) in [5.41, 5.74) is 2.06. The summed E-state index contributed by atoms with van der Waals surface area (Å²) in [6.07, 6.45) is 5.09. The molecule has 0 radical (unpaired) electrons. The summed E-state index contributed by atoms with van der Waals surface area (Å²) in [6, 6.07) is 0.242. The summed E-state index contributed by atoms with van der Waals surface area (Å²) in [5.74, 6) is -0.169. The number of aryl methyl sites for hydroxylation is 2. The largest absolute Gasteiger partial charge is 0.319 e. The van der Waals surface area contributed by atoms with Crippen molar-refractivity contribution < 1.29 is 4.79 Å². The second kappa shape index (κ2) is 4.64. The van der Waals surface area contributed by atoms with E-state index in [1.165, 1.54) is 0 Å². The molecule has 6 nitrogen and oxygen atoms in total. The minimum Gasteiger partial charge on any atom is -0.319 e. The summed E-state index contributed by atoms with van der Waals surface area (Å²) in [6.45, 7) is 5.88. The first kappa shape index (κ1) is 12.3. The average Bonchev–Trinajstić information content (AvgIpc) is 2.86. The maximum absolute atomic E-state index is 12.0. The predicted molar refractivity (Wildman–Crippen MR) is 68.5 cm³/mol. The number of nitrogens with zero attached hydrogens (tertiary/aromatic N) is 4. The Kier molecular flexibility index (Phi) is 3.18. The van der Waals surface area contributed by atoms with Gasteiger partial charge in [-0.3, -0.25) is 14.2 Å². The van der Waals surface area contributed by atoms with Gasteiger partial charge in [0.2, 0.25) is 0 Å². The van der Waals surface area contributed by atoms with Crippen LogP contribution in [-0.4, -0.2) is 25.5 Å². The first-order chi connectivity index (χ1) is 8.47. The van der Waals surface area contributed by atoms with Crippen molar-refractivity contribution in [3.63, 3.8) is 0 Å². The van der Waals surface area contributed by atoms with Gasteiger partial charge in [0.1, 0.15) is 0 Å². The van der Waals surface area contributed by atoms with Gasteiger partial charge >= 0.3 is 0 Å².